The summed E-state index contributed by atoms with van der Waals surface area (Å²) >= 11 is 0. The molecule has 0 heterocycles. The van der Waals surface area contributed by atoms with Crippen LogP contribution < -0.4 is 14.8 Å². The minimum atomic E-state index is -0.218. The number of benzene rings is 2. The summed E-state index contributed by atoms with van der Waals surface area (Å²) in [5, 5.41) is 2.85. The molecule has 1 amide bonds. The molecule has 22 heavy (non-hydrogen) atoms. The molecule has 0 radical (unpaired) electrons. The second-order valence-electron chi connectivity index (χ2n) is 4.51. The zero-order chi connectivity index (χ0) is 15.8. The van der Waals surface area contributed by atoms with E-state index < -0.39 is 0 Å². The van der Waals surface area contributed by atoms with Crippen LogP contribution in [0.4, 0.5) is 5.69 Å². The lowest BCUT2D eigenvalue weighted by Crippen LogP contribution is -2.13. The van der Waals surface area contributed by atoms with Gasteiger partial charge >= 0.3 is 0 Å². The highest BCUT2D eigenvalue weighted by Gasteiger charge is 2.12. The second kappa shape index (κ2) is 7.88. The minimum absolute atomic E-state index is 0.218. The van der Waals surface area contributed by atoms with E-state index in [0.717, 1.165) is 0 Å². The smallest absolute Gasteiger partial charge is 0.259 e. The number of amides is 1. The molecule has 0 aliphatic rings. The van der Waals surface area contributed by atoms with Crippen LogP contribution in [0, 0.1) is 0 Å². The summed E-state index contributed by atoms with van der Waals surface area (Å²) in [5.74, 6) is 1.03. The molecule has 0 fully saturated rings. The van der Waals surface area contributed by atoms with Gasteiger partial charge in [-0.25, -0.2) is 0 Å². The van der Waals surface area contributed by atoms with E-state index in [2.05, 4.69) is 11.9 Å². The molecule has 114 valence electrons. The quantitative estimate of drug-likeness (QED) is 0.788. The Kier molecular flexibility index (Phi) is 5.60. The number of rotatable bonds is 7. The van der Waals surface area contributed by atoms with Crippen molar-refractivity contribution in [1.82, 2.24) is 0 Å². The van der Waals surface area contributed by atoms with Crippen molar-refractivity contribution in [2.75, 3.05) is 18.5 Å². The van der Waals surface area contributed by atoms with Crippen LogP contribution in [-0.4, -0.2) is 19.1 Å². The van der Waals surface area contributed by atoms with Crippen molar-refractivity contribution < 1.29 is 14.3 Å². The zero-order valence-electron chi connectivity index (χ0n) is 12.5. The Bertz CT molecular complexity index is 652. The summed E-state index contributed by atoms with van der Waals surface area (Å²) < 4.78 is 10.9. The molecule has 2 rings (SSSR count). The number of carbonyl (C=O) groups excluding carboxylic acids is 1. The predicted octanol–water partition coefficient (Wildman–Crippen LogP) is 3.90. The monoisotopic (exact) mass is 297 g/mol. The van der Waals surface area contributed by atoms with Crippen LogP contribution in [0.15, 0.2) is 61.2 Å². The highest BCUT2D eigenvalue weighted by molar-refractivity contribution is 6.06. The third-order valence-corrected chi connectivity index (χ3v) is 2.89. The molecular weight excluding hydrogens is 278 g/mol. The maximum absolute atomic E-state index is 12.4. The summed E-state index contributed by atoms with van der Waals surface area (Å²) in [4.78, 5) is 12.4. The molecule has 0 aliphatic carbocycles. The molecule has 0 saturated heterocycles. The maximum Gasteiger partial charge on any atom is 0.259 e. The largest absolute Gasteiger partial charge is 0.493 e. The van der Waals surface area contributed by atoms with Crippen LogP contribution >= 0.6 is 0 Å². The molecular formula is C18H19NO3. The van der Waals surface area contributed by atoms with Crippen molar-refractivity contribution in [3.05, 3.63) is 66.7 Å². The van der Waals surface area contributed by atoms with Crippen LogP contribution in [0.3, 0.4) is 0 Å². The second-order valence-corrected chi connectivity index (χ2v) is 4.51. The topological polar surface area (TPSA) is 47.6 Å². The first-order valence-electron chi connectivity index (χ1n) is 7.11. The molecule has 4 nitrogen and oxygen atoms in total. The SMILES string of the molecule is C=CCOc1cccc(NC(=O)c2ccccc2OCC)c1. The van der Waals surface area contributed by atoms with Crippen molar-refractivity contribution in [2.45, 2.75) is 6.92 Å². The van der Waals surface area contributed by atoms with E-state index in [0.29, 0.717) is 36.0 Å². The van der Waals surface area contributed by atoms with Crippen molar-refractivity contribution >= 4 is 11.6 Å². The van der Waals surface area contributed by atoms with Crippen LogP contribution in [0.2, 0.25) is 0 Å². The standard InChI is InChI=1S/C18H19NO3/c1-3-12-22-15-9-7-8-14(13-15)19-18(20)16-10-5-6-11-17(16)21-4-2/h3,5-11,13H,1,4,12H2,2H3,(H,19,20). The van der Waals surface area contributed by atoms with Crippen molar-refractivity contribution in [2.24, 2.45) is 0 Å². The van der Waals surface area contributed by atoms with Crippen LogP contribution in [0.1, 0.15) is 17.3 Å². The fourth-order valence-electron chi connectivity index (χ4n) is 1.95. The lowest BCUT2D eigenvalue weighted by atomic mass is 10.2. The lowest BCUT2D eigenvalue weighted by Gasteiger charge is -2.11. The molecule has 1 N–H and O–H groups in total. The average Bonchev–Trinajstić information content (AvgIpc) is 2.54. The Morgan fingerprint density at radius 3 is 2.77 bits per heavy atom. The molecule has 0 aromatic heterocycles. The van der Waals surface area contributed by atoms with Crippen LogP contribution in [0.25, 0.3) is 0 Å². The van der Waals surface area contributed by atoms with Gasteiger partial charge < -0.3 is 14.8 Å². The minimum Gasteiger partial charge on any atom is -0.493 e. The predicted molar refractivity (Wildman–Crippen MR) is 87.7 cm³/mol. The van der Waals surface area contributed by atoms with Gasteiger partial charge in [-0.2, -0.15) is 0 Å². The van der Waals surface area contributed by atoms with E-state index in [4.69, 9.17) is 9.47 Å². The average molecular weight is 297 g/mol. The summed E-state index contributed by atoms with van der Waals surface area (Å²) in [7, 11) is 0. The van der Waals surface area contributed by atoms with Gasteiger partial charge in [0.1, 0.15) is 18.1 Å². The Morgan fingerprint density at radius 2 is 2.00 bits per heavy atom. The van der Waals surface area contributed by atoms with Crippen molar-refractivity contribution in [3.63, 3.8) is 0 Å². The van der Waals surface area contributed by atoms with Gasteiger partial charge in [0.25, 0.3) is 5.91 Å². The molecule has 0 aliphatic heterocycles. The van der Waals surface area contributed by atoms with Crippen LogP contribution in [0.5, 0.6) is 11.5 Å². The highest BCUT2D eigenvalue weighted by Crippen LogP contribution is 2.22. The normalized spacial score (nSPS) is 9.86. The molecule has 2 aromatic carbocycles. The number of nitrogens with one attached hydrogen (secondary N) is 1. The van der Waals surface area contributed by atoms with Gasteiger partial charge in [-0.05, 0) is 31.2 Å². The van der Waals surface area contributed by atoms with Gasteiger partial charge in [-0.1, -0.05) is 30.9 Å². The van der Waals surface area contributed by atoms with E-state index in [1.807, 2.05) is 31.2 Å². The van der Waals surface area contributed by atoms with E-state index in [9.17, 15) is 4.79 Å². The third-order valence-electron chi connectivity index (χ3n) is 2.89. The summed E-state index contributed by atoms with van der Waals surface area (Å²) in [5.41, 5.74) is 1.17. The van der Waals surface area contributed by atoms with E-state index in [1.165, 1.54) is 0 Å². The highest BCUT2D eigenvalue weighted by atomic mass is 16.5. The molecule has 0 saturated carbocycles. The maximum atomic E-state index is 12.4. The van der Waals surface area contributed by atoms with Gasteiger partial charge in [0, 0.05) is 11.8 Å². The Hall–Kier alpha value is -2.75. The number of ether oxygens (including phenoxy) is 2. The van der Waals surface area contributed by atoms with Gasteiger partial charge in [0.2, 0.25) is 0 Å². The number of hydrogen-bond donors (Lipinski definition) is 1. The molecule has 0 atom stereocenters. The molecule has 0 bridgehead atoms. The molecule has 2 aromatic rings. The Morgan fingerprint density at radius 1 is 1.18 bits per heavy atom. The van der Waals surface area contributed by atoms with Gasteiger partial charge in [-0.3, -0.25) is 4.79 Å². The number of anilines is 1. The van der Waals surface area contributed by atoms with Crippen molar-refractivity contribution in [1.29, 1.82) is 0 Å². The Labute approximate surface area is 130 Å². The summed E-state index contributed by atoms with van der Waals surface area (Å²) in [6.45, 7) is 6.42. The fourth-order valence-corrected chi connectivity index (χ4v) is 1.95. The van der Waals surface area contributed by atoms with Gasteiger partial charge in [0.05, 0.1) is 12.2 Å². The summed E-state index contributed by atoms with van der Waals surface area (Å²) in [6, 6.07) is 14.4. The Balaban J connectivity index is 2.13. The zero-order valence-corrected chi connectivity index (χ0v) is 12.5. The molecule has 0 spiro atoms. The number of hydrogen-bond acceptors (Lipinski definition) is 3. The molecule has 4 heteroatoms. The van der Waals surface area contributed by atoms with E-state index in [-0.39, 0.29) is 5.91 Å². The third kappa shape index (κ3) is 4.12. The number of carbonyl (C=O) groups is 1. The molecule has 0 unspecified atom stereocenters. The first-order valence-corrected chi connectivity index (χ1v) is 7.11. The van der Waals surface area contributed by atoms with Crippen LogP contribution in [-0.2, 0) is 0 Å². The van der Waals surface area contributed by atoms with Crippen molar-refractivity contribution in [3.8, 4) is 11.5 Å². The van der Waals surface area contributed by atoms with Gasteiger partial charge in [0.15, 0.2) is 0 Å². The first-order chi connectivity index (χ1) is 10.7. The van der Waals surface area contributed by atoms with E-state index in [1.54, 1.807) is 30.3 Å². The summed E-state index contributed by atoms with van der Waals surface area (Å²) in [6.07, 6.45) is 1.67. The number of para-hydroxylation sites is 1. The fraction of sp³-hybridized carbons (Fsp3) is 0.167. The van der Waals surface area contributed by atoms with Gasteiger partial charge in [-0.15, -0.1) is 0 Å². The lowest BCUT2D eigenvalue weighted by molar-refractivity contribution is 0.102. The first kappa shape index (κ1) is 15.6. The van der Waals surface area contributed by atoms with E-state index >= 15 is 0 Å².